The molecule has 0 aliphatic carbocycles. The topological polar surface area (TPSA) is 50.4 Å². The summed E-state index contributed by atoms with van der Waals surface area (Å²) in [5.74, 6) is 0.363. The lowest BCUT2D eigenvalue weighted by molar-refractivity contribution is -0.120. The van der Waals surface area contributed by atoms with Gasteiger partial charge < -0.3 is 15.4 Å². The number of carbonyl (C=O) groups is 1. The quantitative estimate of drug-likeness (QED) is 0.876. The summed E-state index contributed by atoms with van der Waals surface area (Å²) >= 11 is 0. The lowest BCUT2D eigenvalue weighted by atomic mass is 9.98. The number of hydrogen-bond donors (Lipinski definition) is 2. The lowest BCUT2D eigenvalue weighted by Gasteiger charge is -2.24. The molecule has 1 heterocycles. The summed E-state index contributed by atoms with van der Waals surface area (Å²) in [5, 5.41) is 6.22. The van der Waals surface area contributed by atoms with E-state index in [1.165, 1.54) is 5.56 Å². The number of aryl methyl sites for hydroxylation is 1. The highest BCUT2D eigenvalue weighted by molar-refractivity contribution is 5.96. The van der Waals surface area contributed by atoms with Crippen LogP contribution in [0.3, 0.4) is 0 Å². The molecule has 4 nitrogen and oxygen atoms in total. The molecule has 1 aliphatic heterocycles. The average molecular weight is 262 g/mol. The van der Waals surface area contributed by atoms with Crippen molar-refractivity contribution in [1.82, 2.24) is 5.32 Å². The molecule has 2 N–H and O–H groups in total. The highest BCUT2D eigenvalue weighted by Crippen LogP contribution is 2.27. The fourth-order valence-corrected chi connectivity index (χ4v) is 2.29. The Hall–Kier alpha value is -1.39. The fraction of sp³-hybridized carbons (Fsp3) is 0.533. The molecule has 0 bridgehead atoms. The highest BCUT2D eigenvalue weighted by Gasteiger charge is 2.22. The van der Waals surface area contributed by atoms with Crippen LogP contribution < -0.4 is 10.6 Å². The van der Waals surface area contributed by atoms with Crippen molar-refractivity contribution in [3.63, 3.8) is 0 Å². The van der Waals surface area contributed by atoms with E-state index >= 15 is 0 Å². The van der Waals surface area contributed by atoms with E-state index < -0.39 is 0 Å². The average Bonchev–Trinajstić information content (AvgIpc) is 2.41. The second-order valence-corrected chi connectivity index (χ2v) is 5.26. The Kier molecular flexibility index (Phi) is 4.56. The third kappa shape index (κ3) is 3.33. The van der Waals surface area contributed by atoms with E-state index in [2.05, 4.69) is 30.5 Å². The molecule has 1 aromatic carbocycles. The molecule has 1 aliphatic rings. The van der Waals surface area contributed by atoms with Crippen molar-refractivity contribution in [2.24, 2.45) is 0 Å². The summed E-state index contributed by atoms with van der Waals surface area (Å²) in [6.07, 6.45) is 0. The number of carbonyl (C=O) groups excluding carboxylic acids is 1. The first kappa shape index (κ1) is 14.0. The molecule has 0 saturated carbocycles. The number of ether oxygens (including phenoxy) is 1. The zero-order valence-corrected chi connectivity index (χ0v) is 11.8. The van der Waals surface area contributed by atoms with Gasteiger partial charge in [0, 0.05) is 12.2 Å². The van der Waals surface area contributed by atoms with Gasteiger partial charge in [-0.2, -0.15) is 0 Å². The van der Waals surface area contributed by atoms with Crippen LogP contribution >= 0.6 is 0 Å². The molecule has 19 heavy (non-hydrogen) atoms. The van der Waals surface area contributed by atoms with Gasteiger partial charge in [0.15, 0.2) is 0 Å². The van der Waals surface area contributed by atoms with Crippen LogP contribution in [0.5, 0.6) is 0 Å². The molecule has 4 heteroatoms. The second-order valence-electron chi connectivity index (χ2n) is 5.26. The molecule has 0 aromatic heterocycles. The van der Waals surface area contributed by atoms with E-state index in [1.807, 2.05) is 19.1 Å². The molecule has 1 unspecified atom stereocenters. The van der Waals surface area contributed by atoms with Crippen molar-refractivity contribution in [3.05, 3.63) is 29.3 Å². The Bertz CT molecular complexity index is 451. The van der Waals surface area contributed by atoms with E-state index in [0.717, 1.165) is 17.8 Å². The maximum Gasteiger partial charge on any atom is 0.243 e. The van der Waals surface area contributed by atoms with Crippen molar-refractivity contribution < 1.29 is 9.53 Å². The largest absolute Gasteiger partial charge is 0.378 e. The maximum atomic E-state index is 12.2. The Morgan fingerprint density at radius 2 is 2.26 bits per heavy atom. The van der Waals surface area contributed by atoms with Crippen LogP contribution in [0.2, 0.25) is 0 Å². The molecular formula is C15H22N2O2. The van der Waals surface area contributed by atoms with Gasteiger partial charge in [-0.3, -0.25) is 4.79 Å². The summed E-state index contributed by atoms with van der Waals surface area (Å²) in [6.45, 7) is 8.12. The van der Waals surface area contributed by atoms with Crippen LogP contribution in [0.15, 0.2) is 18.2 Å². The minimum absolute atomic E-state index is 0.0177. The molecule has 0 radical (unpaired) electrons. The molecule has 0 spiro atoms. The van der Waals surface area contributed by atoms with Crippen molar-refractivity contribution in [3.8, 4) is 0 Å². The number of amides is 1. The number of morpholine rings is 1. The molecule has 1 aromatic rings. The van der Waals surface area contributed by atoms with Crippen LogP contribution in [0.1, 0.15) is 30.9 Å². The Balaban J connectivity index is 2.15. The van der Waals surface area contributed by atoms with E-state index in [9.17, 15) is 4.79 Å². The molecule has 104 valence electrons. The minimum Gasteiger partial charge on any atom is -0.378 e. The molecule has 2 rings (SSSR count). The van der Waals surface area contributed by atoms with E-state index in [4.69, 9.17) is 4.74 Å². The zero-order chi connectivity index (χ0) is 13.8. The van der Waals surface area contributed by atoms with Gasteiger partial charge in [0.25, 0.3) is 0 Å². The highest BCUT2D eigenvalue weighted by atomic mass is 16.5. The van der Waals surface area contributed by atoms with Crippen LogP contribution in [0, 0.1) is 6.92 Å². The first-order valence-corrected chi connectivity index (χ1v) is 6.81. The molecular weight excluding hydrogens is 240 g/mol. The summed E-state index contributed by atoms with van der Waals surface area (Å²) in [4.78, 5) is 12.2. The predicted molar refractivity (Wildman–Crippen MR) is 76.5 cm³/mol. The standard InChI is InChI=1S/C15H22N2O2/c1-10(2)12-6-4-5-11(3)14(12)17-15(18)13-9-19-8-7-16-13/h4-6,10,13,16H,7-9H2,1-3H3,(H,17,18). The van der Waals surface area contributed by atoms with Gasteiger partial charge in [0.05, 0.1) is 13.2 Å². The first-order valence-electron chi connectivity index (χ1n) is 6.81. The summed E-state index contributed by atoms with van der Waals surface area (Å²) in [6, 6.07) is 5.86. The van der Waals surface area contributed by atoms with Crippen LogP contribution in [-0.2, 0) is 9.53 Å². The third-order valence-corrected chi connectivity index (χ3v) is 3.41. The second kappa shape index (κ2) is 6.17. The number of nitrogens with one attached hydrogen (secondary N) is 2. The molecule has 1 atom stereocenters. The van der Waals surface area contributed by atoms with E-state index in [1.54, 1.807) is 0 Å². The van der Waals surface area contributed by atoms with Gasteiger partial charge in [0.2, 0.25) is 5.91 Å². The van der Waals surface area contributed by atoms with Crippen molar-refractivity contribution in [2.45, 2.75) is 32.7 Å². The summed E-state index contributed by atoms with van der Waals surface area (Å²) in [5.41, 5.74) is 3.20. The number of hydrogen-bond acceptors (Lipinski definition) is 3. The lowest BCUT2D eigenvalue weighted by Crippen LogP contribution is -2.49. The number of benzene rings is 1. The Morgan fingerprint density at radius 3 is 2.89 bits per heavy atom. The van der Waals surface area contributed by atoms with Crippen molar-refractivity contribution >= 4 is 11.6 Å². The minimum atomic E-state index is -0.256. The normalized spacial score (nSPS) is 19.5. The Labute approximate surface area is 114 Å². The van der Waals surface area contributed by atoms with Crippen LogP contribution in [-0.4, -0.2) is 31.7 Å². The summed E-state index contributed by atoms with van der Waals surface area (Å²) < 4.78 is 5.33. The number of anilines is 1. The zero-order valence-electron chi connectivity index (χ0n) is 11.8. The van der Waals surface area contributed by atoms with Gasteiger partial charge in [-0.1, -0.05) is 32.0 Å². The maximum absolute atomic E-state index is 12.2. The number of rotatable bonds is 3. The van der Waals surface area contributed by atoms with Gasteiger partial charge in [0.1, 0.15) is 6.04 Å². The monoisotopic (exact) mass is 262 g/mol. The smallest absolute Gasteiger partial charge is 0.243 e. The Morgan fingerprint density at radius 1 is 1.47 bits per heavy atom. The van der Waals surface area contributed by atoms with Gasteiger partial charge >= 0.3 is 0 Å². The SMILES string of the molecule is Cc1cccc(C(C)C)c1NC(=O)C1COCCN1. The van der Waals surface area contributed by atoms with Crippen LogP contribution in [0.4, 0.5) is 5.69 Å². The van der Waals surface area contributed by atoms with Gasteiger partial charge in [-0.25, -0.2) is 0 Å². The van der Waals surface area contributed by atoms with E-state index in [0.29, 0.717) is 19.1 Å². The van der Waals surface area contributed by atoms with Gasteiger partial charge in [-0.15, -0.1) is 0 Å². The predicted octanol–water partition coefficient (Wildman–Crippen LogP) is 2.05. The first-order chi connectivity index (χ1) is 9.09. The molecule has 1 fully saturated rings. The van der Waals surface area contributed by atoms with E-state index in [-0.39, 0.29) is 11.9 Å². The van der Waals surface area contributed by atoms with Crippen molar-refractivity contribution in [1.29, 1.82) is 0 Å². The number of para-hydroxylation sites is 1. The molecule has 1 amide bonds. The molecule has 1 saturated heterocycles. The third-order valence-electron chi connectivity index (χ3n) is 3.41. The fourth-order valence-electron chi connectivity index (χ4n) is 2.29. The van der Waals surface area contributed by atoms with Gasteiger partial charge in [-0.05, 0) is 24.0 Å². The van der Waals surface area contributed by atoms with Crippen LogP contribution in [0.25, 0.3) is 0 Å². The van der Waals surface area contributed by atoms with Crippen molar-refractivity contribution in [2.75, 3.05) is 25.1 Å². The summed E-state index contributed by atoms with van der Waals surface area (Å²) in [7, 11) is 0.